The van der Waals surface area contributed by atoms with Gasteiger partial charge in [0.05, 0.1) is 10.6 Å². The number of halogens is 1. The van der Waals surface area contributed by atoms with Crippen LogP contribution in [0.2, 0.25) is 5.02 Å². The van der Waals surface area contributed by atoms with E-state index in [1.165, 1.54) is 36.2 Å². The van der Waals surface area contributed by atoms with E-state index < -0.39 is 28.5 Å². The van der Waals surface area contributed by atoms with Crippen LogP contribution >= 0.6 is 11.6 Å². The molecule has 1 N–H and O–H groups in total. The lowest BCUT2D eigenvalue weighted by molar-refractivity contribution is -0.140. The Kier molecular flexibility index (Phi) is 9.57. The third-order valence-corrected chi connectivity index (χ3v) is 8.73. The van der Waals surface area contributed by atoms with Crippen molar-refractivity contribution in [1.82, 2.24) is 10.2 Å². The van der Waals surface area contributed by atoms with Crippen LogP contribution in [0.15, 0.2) is 71.6 Å². The maximum atomic E-state index is 14.0. The molecule has 0 aliphatic carbocycles. The lowest BCUT2D eigenvalue weighted by Crippen LogP contribution is -2.51. The van der Waals surface area contributed by atoms with Crippen LogP contribution in [0.3, 0.4) is 0 Å². The third kappa shape index (κ3) is 6.55. The molecule has 0 heterocycles. The molecule has 0 unspecified atom stereocenters. The van der Waals surface area contributed by atoms with Gasteiger partial charge in [-0.15, -0.1) is 0 Å². The van der Waals surface area contributed by atoms with Crippen molar-refractivity contribution in [3.05, 3.63) is 94.0 Å². The zero-order valence-electron chi connectivity index (χ0n) is 22.4. The van der Waals surface area contributed by atoms with Crippen LogP contribution in [-0.4, -0.2) is 44.8 Å². The molecule has 3 aromatic carbocycles. The van der Waals surface area contributed by atoms with Crippen LogP contribution in [0.5, 0.6) is 0 Å². The molecule has 9 heteroatoms. The van der Waals surface area contributed by atoms with E-state index in [1.54, 1.807) is 12.1 Å². The average molecular weight is 556 g/mol. The van der Waals surface area contributed by atoms with Crippen LogP contribution in [-0.2, 0) is 26.2 Å². The number of likely N-dealkylation sites (N-methyl/N-ethyl adjacent to an activating group) is 1. The number of amides is 2. The van der Waals surface area contributed by atoms with Crippen molar-refractivity contribution in [1.29, 1.82) is 0 Å². The summed E-state index contributed by atoms with van der Waals surface area (Å²) in [6.07, 6.45) is 0.366. The predicted octanol–water partition coefficient (Wildman–Crippen LogP) is 5.01. The number of anilines is 1. The largest absolute Gasteiger partial charge is 0.357 e. The second-order valence-corrected chi connectivity index (χ2v) is 11.5. The number of aryl methyl sites for hydroxylation is 3. The molecule has 0 saturated carbocycles. The molecule has 7 nitrogen and oxygen atoms in total. The smallest absolute Gasteiger partial charge is 0.264 e. The Morgan fingerprint density at radius 2 is 1.58 bits per heavy atom. The highest BCUT2D eigenvalue weighted by atomic mass is 35.5. The number of nitrogens with one attached hydrogen (secondary N) is 1. The Balaban J connectivity index is 2.10. The summed E-state index contributed by atoms with van der Waals surface area (Å²) in [6.45, 7) is 7.26. The van der Waals surface area contributed by atoms with Gasteiger partial charge < -0.3 is 10.2 Å². The molecule has 0 spiro atoms. The molecule has 38 heavy (non-hydrogen) atoms. The molecule has 0 fully saturated rings. The van der Waals surface area contributed by atoms with Gasteiger partial charge in [-0.1, -0.05) is 48.9 Å². The number of benzene rings is 3. The van der Waals surface area contributed by atoms with Crippen molar-refractivity contribution in [2.75, 3.05) is 17.9 Å². The summed E-state index contributed by atoms with van der Waals surface area (Å²) in [4.78, 5) is 28.2. The summed E-state index contributed by atoms with van der Waals surface area (Å²) in [5, 5.41) is 3.04. The maximum Gasteiger partial charge on any atom is 0.264 e. The standard InChI is InChI=1S/C29H34ClN3O4S/c1-6-27(29(35)31-5)32(18-23-10-8-7-9-21(23)3)28(34)19-33(25-14-11-20(2)22(4)17-25)38(36,37)26-15-12-24(30)13-16-26/h7-17,27H,6,18-19H2,1-5H3,(H,31,35)/t27-/m1/s1. The van der Waals surface area contributed by atoms with Gasteiger partial charge in [0, 0.05) is 18.6 Å². The van der Waals surface area contributed by atoms with Crippen molar-refractivity contribution < 1.29 is 18.0 Å². The minimum Gasteiger partial charge on any atom is -0.357 e. The minimum atomic E-state index is -4.14. The predicted molar refractivity (Wildman–Crippen MR) is 152 cm³/mol. The van der Waals surface area contributed by atoms with Gasteiger partial charge in [-0.3, -0.25) is 13.9 Å². The normalized spacial score (nSPS) is 12.1. The molecule has 202 valence electrons. The highest BCUT2D eigenvalue weighted by Gasteiger charge is 2.33. The second kappa shape index (κ2) is 12.5. The van der Waals surface area contributed by atoms with Gasteiger partial charge in [0.2, 0.25) is 11.8 Å². The van der Waals surface area contributed by atoms with Crippen LogP contribution in [0, 0.1) is 20.8 Å². The zero-order chi connectivity index (χ0) is 28.0. The summed E-state index contributed by atoms with van der Waals surface area (Å²) in [7, 11) is -2.62. The Labute approximate surface area is 230 Å². The molecule has 0 saturated heterocycles. The molecule has 3 rings (SSSR count). The van der Waals surface area contributed by atoms with Crippen LogP contribution in [0.1, 0.15) is 35.6 Å². The SMILES string of the molecule is CC[C@H](C(=O)NC)N(Cc1ccccc1C)C(=O)CN(c1ccc(C)c(C)c1)S(=O)(=O)c1ccc(Cl)cc1. The molecule has 0 radical (unpaired) electrons. The summed E-state index contributed by atoms with van der Waals surface area (Å²) < 4.78 is 28.8. The van der Waals surface area contributed by atoms with E-state index in [4.69, 9.17) is 11.6 Å². The van der Waals surface area contributed by atoms with E-state index in [0.29, 0.717) is 17.1 Å². The molecule has 3 aromatic rings. The van der Waals surface area contributed by atoms with Crippen molar-refractivity contribution in [3.8, 4) is 0 Å². The number of hydrogen-bond acceptors (Lipinski definition) is 4. The Bertz CT molecular complexity index is 1410. The summed E-state index contributed by atoms with van der Waals surface area (Å²) in [5.74, 6) is -0.799. The first kappa shape index (κ1) is 29.2. The molecule has 0 aliphatic heterocycles. The summed E-state index contributed by atoms with van der Waals surface area (Å²) >= 11 is 6.00. The van der Waals surface area contributed by atoms with Crippen molar-refractivity contribution >= 4 is 39.1 Å². The monoisotopic (exact) mass is 555 g/mol. The number of hydrogen-bond donors (Lipinski definition) is 1. The first-order valence-corrected chi connectivity index (χ1v) is 14.2. The highest BCUT2D eigenvalue weighted by molar-refractivity contribution is 7.92. The lowest BCUT2D eigenvalue weighted by Gasteiger charge is -2.33. The first-order chi connectivity index (χ1) is 18.0. The van der Waals surface area contributed by atoms with E-state index in [2.05, 4.69) is 5.32 Å². The number of carbonyl (C=O) groups is 2. The van der Waals surface area contributed by atoms with E-state index in [-0.39, 0.29) is 17.3 Å². The van der Waals surface area contributed by atoms with Crippen LogP contribution in [0.4, 0.5) is 5.69 Å². The number of carbonyl (C=O) groups excluding carboxylic acids is 2. The van der Waals surface area contributed by atoms with E-state index in [9.17, 15) is 18.0 Å². The van der Waals surface area contributed by atoms with E-state index in [1.807, 2.05) is 58.0 Å². The maximum absolute atomic E-state index is 14.0. The van der Waals surface area contributed by atoms with Gasteiger partial charge in [-0.05, 0) is 85.8 Å². The lowest BCUT2D eigenvalue weighted by atomic mass is 10.1. The first-order valence-electron chi connectivity index (χ1n) is 12.4. The highest BCUT2D eigenvalue weighted by Crippen LogP contribution is 2.27. The van der Waals surface area contributed by atoms with Crippen LogP contribution < -0.4 is 9.62 Å². The van der Waals surface area contributed by atoms with Crippen LogP contribution in [0.25, 0.3) is 0 Å². The topological polar surface area (TPSA) is 86.8 Å². The number of rotatable bonds is 10. The van der Waals surface area contributed by atoms with E-state index in [0.717, 1.165) is 26.6 Å². The van der Waals surface area contributed by atoms with Crippen molar-refractivity contribution in [2.24, 2.45) is 0 Å². The van der Waals surface area contributed by atoms with Crippen molar-refractivity contribution in [3.63, 3.8) is 0 Å². The molecular weight excluding hydrogens is 522 g/mol. The molecule has 0 bridgehead atoms. The van der Waals surface area contributed by atoms with Gasteiger partial charge in [0.15, 0.2) is 0 Å². The fourth-order valence-electron chi connectivity index (χ4n) is 4.20. The Morgan fingerprint density at radius 1 is 0.921 bits per heavy atom. The molecule has 1 atom stereocenters. The third-order valence-electron chi connectivity index (χ3n) is 6.69. The Morgan fingerprint density at radius 3 is 2.16 bits per heavy atom. The summed E-state index contributed by atoms with van der Waals surface area (Å²) in [5.41, 5.74) is 4.09. The van der Waals surface area contributed by atoms with Crippen molar-refractivity contribution in [2.45, 2.75) is 51.6 Å². The quantitative estimate of drug-likeness (QED) is 0.381. The zero-order valence-corrected chi connectivity index (χ0v) is 23.9. The Hall–Kier alpha value is -3.36. The van der Waals surface area contributed by atoms with Gasteiger partial charge in [0.25, 0.3) is 10.0 Å². The molecule has 0 aliphatic rings. The molecule has 2 amide bonds. The minimum absolute atomic E-state index is 0.0109. The van der Waals surface area contributed by atoms with Gasteiger partial charge in [-0.25, -0.2) is 8.42 Å². The number of nitrogens with zero attached hydrogens (tertiary/aromatic N) is 2. The van der Waals surface area contributed by atoms with Gasteiger partial charge >= 0.3 is 0 Å². The fraction of sp³-hybridized carbons (Fsp3) is 0.310. The fourth-order valence-corrected chi connectivity index (χ4v) is 5.73. The average Bonchev–Trinajstić information content (AvgIpc) is 2.89. The number of sulfonamides is 1. The summed E-state index contributed by atoms with van der Waals surface area (Å²) in [6, 6.07) is 17.9. The van der Waals surface area contributed by atoms with E-state index >= 15 is 0 Å². The molecular formula is C29H34ClN3O4S. The molecule has 0 aromatic heterocycles. The second-order valence-electron chi connectivity index (χ2n) is 9.22. The van der Waals surface area contributed by atoms with Gasteiger partial charge in [-0.2, -0.15) is 0 Å². The van der Waals surface area contributed by atoms with Gasteiger partial charge in [0.1, 0.15) is 12.6 Å².